The van der Waals surface area contributed by atoms with E-state index in [1.54, 1.807) is 41.5 Å². The molecular weight excluding hydrogens is 758 g/mol. The van der Waals surface area contributed by atoms with E-state index in [-0.39, 0.29) is 37.8 Å². The average Bonchev–Trinajstić information content (AvgIpc) is 3.14. The Morgan fingerprint density at radius 3 is 2.00 bits per heavy atom. The number of carbonyl (C=O) groups excluding carboxylic acids is 2. The van der Waals surface area contributed by atoms with E-state index < -0.39 is 120 Å². The lowest BCUT2D eigenvalue weighted by molar-refractivity contribution is -0.321. The van der Waals surface area contributed by atoms with E-state index in [1.165, 1.54) is 35.0 Å². The molecule has 16 heteroatoms. The smallest absolute Gasteiger partial charge is 0.311 e. The molecule has 16 nitrogen and oxygen atoms in total. The molecule has 0 saturated carbocycles. The molecule has 3 heterocycles. The Labute approximate surface area is 346 Å². The minimum absolute atomic E-state index is 0.0742. The SMILES string of the molecule is CC[C@H]1OC(=O)[C@H](C)[C@@H](OC2C[C@@](C)(OC)[C@@H](OC(C)=O)[C@H](C)O2)[C@@H](C)[C@@H](O[C@@H]2O[C@H](C)C[C@H](N(C)C)[C@H]2O)[C@](C)(OC)C[C@@H](C)C(O)C(C)(O)[C@H](CCO)[C@]1(C)O. The zero-order valence-corrected chi connectivity index (χ0v) is 37.7. The number of methoxy groups -OCH3 is 2. The van der Waals surface area contributed by atoms with Gasteiger partial charge >= 0.3 is 11.9 Å². The fourth-order valence-corrected chi connectivity index (χ4v) is 10.0. The lowest BCUT2D eigenvalue weighted by atomic mass is 9.66. The highest BCUT2D eigenvalue weighted by Gasteiger charge is 2.57. The third-order valence-electron chi connectivity index (χ3n) is 13.5. The highest BCUT2D eigenvalue weighted by Crippen LogP contribution is 2.45. The molecule has 3 aliphatic rings. The van der Waals surface area contributed by atoms with E-state index in [0.29, 0.717) is 6.42 Å². The van der Waals surface area contributed by atoms with Gasteiger partial charge in [0.05, 0.1) is 47.6 Å². The average molecular weight is 836 g/mol. The number of nitrogens with zero attached hydrogens (tertiary/aromatic N) is 1. The first-order valence-corrected chi connectivity index (χ1v) is 20.9. The number of esters is 2. The summed E-state index contributed by atoms with van der Waals surface area (Å²) < 4.78 is 50.4. The number of aliphatic hydroxyl groups is 5. The van der Waals surface area contributed by atoms with E-state index in [9.17, 15) is 35.1 Å². The molecular formula is C42H77NO15. The number of likely N-dealkylation sites (N-methyl/N-ethyl adjacent to an activating group) is 1. The van der Waals surface area contributed by atoms with Crippen LogP contribution in [0, 0.1) is 23.7 Å². The van der Waals surface area contributed by atoms with Gasteiger partial charge in [0.15, 0.2) is 18.7 Å². The van der Waals surface area contributed by atoms with Crippen molar-refractivity contribution in [3.8, 4) is 0 Å². The lowest BCUT2D eigenvalue weighted by Gasteiger charge is -2.52. The Bertz CT molecular complexity index is 1330. The van der Waals surface area contributed by atoms with Gasteiger partial charge in [-0.1, -0.05) is 20.8 Å². The second-order valence-electron chi connectivity index (χ2n) is 18.4. The number of hydrogen-bond acceptors (Lipinski definition) is 16. The number of hydrogen-bond donors (Lipinski definition) is 5. The summed E-state index contributed by atoms with van der Waals surface area (Å²) in [5.41, 5.74) is -6.27. The van der Waals surface area contributed by atoms with Crippen molar-refractivity contribution in [3.63, 3.8) is 0 Å². The normalized spacial score (nSPS) is 47.6. The Kier molecular flexibility index (Phi) is 17.6. The molecule has 5 N–H and O–H groups in total. The highest BCUT2D eigenvalue weighted by atomic mass is 16.7. The van der Waals surface area contributed by atoms with Crippen molar-refractivity contribution < 1.29 is 73.0 Å². The monoisotopic (exact) mass is 836 g/mol. The van der Waals surface area contributed by atoms with Crippen molar-refractivity contribution in [1.82, 2.24) is 4.90 Å². The zero-order chi connectivity index (χ0) is 44.3. The molecule has 3 saturated heterocycles. The largest absolute Gasteiger partial charge is 0.459 e. The maximum Gasteiger partial charge on any atom is 0.311 e. The first kappa shape index (κ1) is 50.8. The van der Waals surface area contributed by atoms with Crippen molar-refractivity contribution in [2.75, 3.05) is 34.9 Å². The Balaban J connectivity index is 2.28. The van der Waals surface area contributed by atoms with E-state index in [2.05, 4.69) is 0 Å². The van der Waals surface area contributed by atoms with Crippen LogP contribution in [0.2, 0.25) is 0 Å². The third-order valence-corrected chi connectivity index (χ3v) is 13.5. The maximum absolute atomic E-state index is 14.5. The molecule has 19 atom stereocenters. The summed E-state index contributed by atoms with van der Waals surface area (Å²) in [7, 11) is 6.74. The summed E-state index contributed by atoms with van der Waals surface area (Å²) in [6.07, 6.45) is -8.97. The second kappa shape index (κ2) is 20.1. The highest BCUT2D eigenvalue weighted by molar-refractivity contribution is 5.73. The summed E-state index contributed by atoms with van der Waals surface area (Å²) in [6, 6.07) is -0.315. The van der Waals surface area contributed by atoms with Gasteiger partial charge in [-0.2, -0.15) is 0 Å². The molecule has 0 aromatic heterocycles. The van der Waals surface area contributed by atoms with E-state index >= 15 is 0 Å². The first-order chi connectivity index (χ1) is 26.8. The van der Waals surface area contributed by atoms with E-state index in [4.69, 9.17) is 37.9 Å². The molecule has 3 rings (SSSR count). The standard InChI is InChI=1S/C42H77NO15/c1-16-30-41(10,49)29(17-18-44)42(11,50)34(47)22(2)20-39(8,51-14)35(58-38-32(46)28(43(12)13)19-23(3)53-38)24(4)33(25(5)37(48)56-30)57-31-21-40(9,52-15)36(26(6)54-31)55-27(7)45/h22-26,28-36,38,44,46-47,49-50H,16-21H2,1-15H3/t22-,23-,24-,25-,26+,28+,29-,30-,31?,32-,33+,34?,35-,36+,38+,39-,40-,41+,42?/m1/s1. The Morgan fingerprint density at radius 2 is 1.48 bits per heavy atom. The van der Waals surface area contributed by atoms with Crippen LogP contribution < -0.4 is 0 Å². The van der Waals surface area contributed by atoms with Gasteiger partial charge in [0.2, 0.25) is 0 Å². The summed E-state index contributed by atoms with van der Waals surface area (Å²) >= 11 is 0. The van der Waals surface area contributed by atoms with Gasteiger partial charge in [-0.05, 0) is 94.2 Å². The zero-order valence-electron chi connectivity index (χ0n) is 37.7. The molecule has 0 radical (unpaired) electrons. The fraction of sp³-hybridized carbons (Fsp3) is 0.952. The minimum atomic E-state index is -1.99. The molecule has 0 aromatic rings. The number of aliphatic hydroxyl groups excluding tert-OH is 3. The van der Waals surface area contributed by atoms with Gasteiger partial charge in [-0.25, -0.2) is 0 Å². The lowest BCUT2D eigenvalue weighted by Crippen LogP contribution is -2.63. The quantitative estimate of drug-likeness (QED) is 0.189. The van der Waals surface area contributed by atoms with Crippen molar-refractivity contribution >= 4 is 11.9 Å². The fourth-order valence-electron chi connectivity index (χ4n) is 10.0. The van der Waals surface area contributed by atoms with Crippen LogP contribution in [0.15, 0.2) is 0 Å². The summed E-state index contributed by atoms with van der Waals surface area (Å²) in [5.74, 6) is -4.94. The summed E-state index contributed by atoms with van der Waals surface area (Å²) in [5, 5.41) is 58.2. The van der Waals surface area contributed by atoms with E-state index in [0.717, 1.165) is 0 Å². The third kappa shape index (κ3) is 10.9. The molecule has 3 unspecified atom stereocenters. The van der Waals surface area contributed by atoms with Crippen LogP contribution in [0.1, 0.15) is 108 Å². The van der Waals surface area contributed by atoms with Gasteiger partial charge in [0.25, 0.3) is 0 Å². The summed E-state index contributed by atoms with van der Waals surface area (Å²) in [6.45, 7) is 17.9. The topological polar surface area (TPSA) is 212 Å². The number of cyclic esters (lactones) is 1. The van der Waals surface area contributed by atoms with Crippen molar-refractivity contribution in [2.24, 2.45) is 23.7 Å². The van der Waals surface area contributed by atoms with Gasteiger partial charge in [-0.3, -0.25) is 9.59 Å². The van der Waals surface area contributed by atoms with Crippen LogP contribution in [0.25, 0.3) is 0 Å². The molecule has 3 fully saturated rings. The molecule has 0 amide bonds. The van der Waals surface area contributed by atoms with E-state index in [1.807, 2.05) is 32.8 Å². The van der Waals surface area contributed by atoms with Crippen LogP contribution in [-0.4, -0.2) is 167 Å². The number of rotatable bonds is 11. The van der Waals surface area contributed by atoms with Gasteiger partial charge in [0, 0.05) is 52.0 Å². The minimum Gasteiger partial charge on any atom is -0.459 e. The van der Waals surface area contributed by atoms with Crippen LogP contribution in [-0.2, 0) is 47.5 Å². The van der Waals surface area contributed by atoms with Gasteiger partial charge in [0.1, 0.15) is 23.4 Å². The Hall–Kier alpha value is -1.54. The second-order valence-corrected chi connectivity index (χ2v) is 18.4. The molecule has 0 bridgehead atoms. The molecule has 0 aliphatic carbocycles. The predicted octanol–water partition coefficient (Wildman–Crippen LogP) is 2.55. The van der Waals surface area contributed by atoms with Gasteiger partial charge in [-0.15, -0.1) is 0 Å². The summed E-state index contributed by atoms with van der Waals surface area (Å²) in [4.78, 5) is 28.5. The molecule has 0 aromatic carbocycles. The Morgan fingerprint density at radius 1 is 0.897 bits per heavy atom. The van der Waals surface area contributed by atoms with Crippen LogP contribution in [0.5, 0.6) is 0 Å². The van der Waals surface area contributed by atoms with Crippen LogP contribution in [0.3, 0.4) is 0 Å². The van der Waals surface area contributed by atoms with Gasteiger partial charge < -0.3 is 68.3 Å². The van der Waals surface area contributed by atoms with Crippen molar-refractivity contribution in [1.29, 1.82) is 0 Å². The maximum atomic E-state index is 14.5. The van der Waals surface area contributed by atoms with Crippen LogP contribution in [0.4, 0.5) is 0 Å². The number of ether oxygens (including phenoxy) is 8. The van der Waals surface area contributed by atoms with Crippen LogP contribution >= 0.6 is 0 Å². The molecule has 3 aliphatic heterocycles. The van der Waals surface area contributed by atoms with Crippen molar-refractivity contribution in [3.05, 3.63) is 0 Å². The molecule has 340 valence electrons. The molecule has 58 heavy (non-hydrogen) atoms. The predicted molar refractivity (Wildman–Crippen MR) is 212 cm³/mol. The van der Waals surface area contributed by atoms with Crippen molar-refractivity contribution in [2.45, 2.75) is 198 Å². The molecule has 0 spiro atoms. The number of carbonyl (C=O) groups is 2. The first-order valence-electron chi connectivity index (χ1n) is 20.9.